The summed E-state index contributed by atoms with van der Waals surface area (Å²) in [5, 5.41) is 17.3. The van der Waals surface area contributed by atoms with Crippen molar-refractivity contribution in [3.05, 3.63) is 35.4 Å². The average Bonchev–Trinajstić information content (AvgIpc) is 2.38. The van der Waals surface area contributed by atoms with Crippen LogP contribution in [0.15, 0.2) is 24.3 Å². The van der Waals surface area contributed by atoms with Crippen LogP contribution in [-0.4, -0.2) is 15.0 Å². The molecular formula is C13H15N3O2S. The minimum absolute atomic E-state index is 0.199. The normalized spacial score (nSPS) is 10.6. The second-order valence-electron chi connectivity index (χ2n) is 4.04. The molecule has 0 unspecified atom stereocenters. The first-order valence-corrected chi connectivity index (χ1v) is 7.56. The lowest BCUT2D eigenvalue weighted by molar-refractivity contribution is 0.576. The molecular weight excluding hydrogens is 262 g/mol. The van der Waals surface area contributed by atoms with Crippen molar-refractivity contribution in [1.29, 1.82) is 10.5 Å². The summed E-state index contributed by atoms with van der Waals surface area (Å²) < 4.78 is 26.1. The van der Waals surface area contributed by atoms with Crippen LogP contribution in [0, 0.1) is 22.7 Å². The van der Waals surface area contributed by atoms with Gasteiger partial charge >= 0.3 is 0 Å². The highest BCUT2D eigenvalue weighted by molar-refractivity contribution is 7.88. The summed E-state index contributed by atoms with van der Waals surface area (Å²) in [5.74, 6) is -0.199. The quantitative estimate of drug-likeness (QED) is 0.767. The minimum Gasteiger partial charge on any atom is -0.215 e. The van der Waals surface area contributed by atoms with Gasteiger partial charge in [0.1, 0.15) is 0 Å². The van der Waals surface area contributed by atoms with Crippen molar-refractivity contribution in [2.45, 2.75) is 25.0 Å². The molecule has 0 aliphatic rings. The van der Waals surface area contributed by atoms with Crippen LogP contribution in [-0.2, 0) is 15.8 Å². The van der Waals surface area contributed by atoms with Crippen LogP contribution in [0.4, 0.5) is 0 Å². The molecule has 0 saturated carbocycles. The number of nitrogens with zero attached hydrogens (tertiary/aromatic N) is 2. The van der Waals surface area contributed by atoms with Crippen molar-refractivity contribution in [3.63, 3.8) is 0 Å². The number of sulfonamides is 1. The van der Waals surface area contributed by atoms with Gasteiger partial charge in [-0.3, -0.25) is 0 Å². The van der Waals surface area contributed by atoms with E-state index in [1.54, 1.807) is 24.3 Å². The van der Waals surface area contributed by atoms with Gasteiger partial charge in [0.25, 0.3) is 0 Å². The Bertz CT molecular complexity index is 597. The molecule has 0 saturated heterocycles. The summed E-state index contributed by atoms with van der Waals surface area (Å²) >= 11 is 0. The van der Waals surface area contributed by atoms with Crippen LogP contribution in [0.2, 0.25) is 0 Å². The molecule has 0 aliphatic heterocycles. The molecule has 19 heavy (non-hydrogen) atoms. The van der Waals surface area contributed by atoms with Gasteiger partial charge in [0, 0.05) is 13.0 Å². The maximum absolute atomic E-state index is 11.8. The SMILES string of the molecule is N#CCCCCNS(=O)(=O)Cc1ccccc1C#N. The molecule has 0 fully saturated rings. The zero-order chi connectivity index (χ0) is 14.1. The predicted octanol–water partition coefficient (Wildman–Crippen LogP) is 1.67. The Kier molecular flexibility index (Phi) is 6.01. The van der Waals surface area contributed by atoms with Gasteiger partial charge in [-0.25, -0.2) is 13.1 Å². The number of rotatable bonds is 7. The van der Waals surface area contributed by atoms with Crippen LogP contribution >= 0.6 is 0 Å². The summed E-state index contributed by atoms with van der Waals surface area (Å²) in [6.45, 7) is 0.318. The van der Waals surface area contributed by atoms with Crippen molar-refractivity contribution in [1.82, 2.24) is 4.72 Å². The average molecular weight is 277 g/mol. The molecule has 1 aromatic rings. The third-order valence-corrected chi connectivity index (χ3v) is 3.86. The molecule has 6 heteroatoms. The summed E-state index contributed by atoms with van der Waals surface area (Å²) in [5.41, 5.74) is 0.867. The first-order chi connectivity index (χ1) is 9.09. The number of hydrogen-bond acceptors (Lipinski definition) is 4. The van der Waals surface area contributed by atoms with E-state index in [0.29, 0.717) is 36.9 Å². The van der Waals surface area contributed by atoms with E-state index < -0.39 is 10.0 Å². The number of benzene rings is 1. The Morgan fingerprint density at radius 3 is 2.58 bits per heavy atom. The van der Waals surface area contributed by atoms with E-state index in [1.165, 1.54) is 0 Å². The number of hydrogen-bond donors (Lipinski definition) is 1. The number of unbranched alkanes of at least 4 members (excludes halogenated alkanes) is 2. The van der Waals surface area contributed by atoms with Gasteiger partial charge in [0.15, 0.2) is 0 Å². The summed E-state index contributed by atoms with van der Waals surface area (Å²) in [6.07, 6.45) is 1.74. The van der Waals surface area contributed by atoms with E-state index >= 15 is 0 Å². The maximum atomic E-state index is 11.8. The lowest BCUT2D eigenvalue weighted by atomic mass is 10.1. The van der Waals surface area contributed by atoms with E-state index in [4.69, 9.17) is 10.5 Å². The molecule has 0 spiro atoms. The van der Waals surface area contributed by atoms with E-state index in [2.05, 4.69) is 4.72 Å². The molecule has 0 aliphatic carbocycles. The summed E-state index contributed by atoms with van der Waals surface area (Å²) in [6, 6.07) is 10.6. The Morgan fingerprint density at radius 2 is 1.89 bits per heavy atom. The van der Waals surface area contributed by atoms with Gasteiger partial charge in [0.2, 0.25) is 10.0 Å². The highest BCUT2D eigenvalue weighted by Crippen LogP contribution is 2.10. The van der Waals surface area contributed by atoms with Crippen molar-refractivity contribution >= 4 is 10.0 Å². The van der Waals surface area contributed by atoms with Gasteiger partial charge in [-0.1, -0.05) is 18.2 Å². The van der Waals surface area contributed by atoms with Gasteiger partial charge in [-0.05, 0) is 24.5 Å². The summed E-state index contributed by atoms with van der Waals surface area (Å²) in [4.78, 5) is 0. The highest BCUT2D eigenvalue weighted by atomic mass is 32.2. The Morgan fingerprint density at radius 1 is 1.16 bits per heavy atom. The first kappa shape index (κ1) is 15.2. The van der Waals surface area contributed by atoms with Crippen LogP contribution in [0.3, 0.4) is 0 Å². The molecule has 1 N–H and O–H groups in total. The van der Waals surface area contributed by atoms with Crippen LogP contribution < -0.4 is 4.72 Å². The number of nitrogens with one attached hydrogen (secondary N) is 1. The molecule has 0 heterocycles. The second-order valence-corrected chi connectivity index (χ2v) is 5.84. The second kappa shape index (κ2) is 7.52. The Hall–Kier alpha value is -1.89. The topological polar surface area (TPSA) is 93.8 Å². The van der Waals surface area contributed by atoms with Crippen molar-refractivity contribution in [3.8, 4) is 12.1 Å². The Labute approximate surface area is 113 Å². The predicted molar refractivity (Wildman–Crippen MR) is 71.2 cm³/mol. The molecule has 0 atom stereocenters. The van der Waals surface area contributed by atoms with E-state index in [1.807, 2.05) is 12.1 Å². The third kappa shape index (κ3) is 5.52. The van der Waals surface area contributed by atoms with E-state index in [-0.39, 0.29) is 5.75 Å². The lowest BCUT2D eigenvalue weighted by Crippen LogP contribution is -2.26. The van der Waals surface area contributed by atoms with Crippen LogP contribution in [0.1, 0.15) is 30.4 Å². The van der Waals surface area contributed by atoms with E-state index in [0.717, 1.165) is 0 Å². The minimum atomic E-state index is -3.44. The van der Waals surface area contributed by atoms with Gasteiger partial charge in [-0.15, -0.1) is 0 Å². The fourth-order valence-corrected chi connectivity index (χ4v) is 2.79. The fraction of sp³-hybridized carbons (Fsp3) is 0.385. The van der Waals surface area contributed by atoms with Crippen molar-refractivity contribution in [2.24, 2.45) is 0 Å². The van der Waals surface area contributed by atoms with Crippen LogP contribution in [0.5, 0.6) is 0 Å². The zero-order valence-electron chi connectivity index (χ0n) is 10.5. The van der Waals surface area contributed by atoms with Crippen LogP contribution in [0.25, 0.3) is 0 Å². The zero-order valence-corrected chi connectivity index (χ0v) is 11.3. The molecule has 0 radical (unpaired) electrons. The van der Waals surface area contributed by atoms with Gasteiger partial charge < -0.3 is 0 Å². The third-order valence-electron chi connectivity index (χ3n) is 2.52. The molecule has 1 aromatic carbocycles. The molecule has 0 amide bonds. The van der Waals surface area contributed by atoms with Gasteiger partial charge in [-0.2, -0.15) is 10.5 Å². The first-order valence-electron chi connectivity index (χ1n) is 5.91. The van der Waals surface area contributed by atoms with Gasteiger partial charge in [0.05, 0.1) is 23.5 Å². The monoisotopic (exact) mass is 277 g/mol. The summed E-state index contributed by atoms with van der Waals surface area (Å²) in [7, 11) is -3.44. The molecule has 100 valence electrons. The molecule has 0 aromatic heterocycles. The molecule has 0 bridgehead atoms. The molecule has 5 nitrogen and oxygen atoms in total. The largest absolute Gasteiger partial charge is 0.215 e. The number of nitriles is 2. The maximum Gasteiger partial charge on any atom is 0.215 e. The lowest BCUT2D eigenvalue weighted by Gasteiger charge is -2.07. The molecule has 1 rings (SSSR count). The standard InChI is InChI=1S/C13H15N3O2S/c14-8-4-1-5-9-16-19(17,18)11-13-7-3-2-6-12(13)10-15/h2-3,6-7,16H,1,4-5,9,11H2. The highest BCUT2D eigenvalue weighted by Gasteiger charge is 2.13. The smallest absolute Gasteiger partial charge is 0.215 e. The Balaban J connectivity index is 2.56. The van der Waals surface area contributed by atoms with Crippen molar-refractivity contribution < 1.29 is 8.42 Å². The fourth-order valence-electron chi connectivity index (χ4n) is 1.57. The van der Waals surface area contributed by atoms with E-state index in [9.17, 15) is 8.42 Å². The van der Waals surface area contributed by atoms with Crippen molar-refractivity contribution in [2.75, 3.05) is 6.54 Å².